The highest BCUT2D eigenvalue weighted by Crippen LogP contribution is 2.20. The maximum Gasteiger partial charge on any atom is 0.337 e. The van der Waals surface area contributed by atoms with E-state index < -0.39 is 12.0 Å². The molecule has 26 heavy (non-hydrogen) atoms. The Morgan fingerprint density at radius 2 is 2.00 bits per heavy atom. The van der Waals surface area contributed by atoms with Crippen LogP contribution in [0, 0.1) is 0 Å². The molecule has 3 N–H and O–H groups in total. The average molecular weight is 361 g/mol. The molecule has 0 radical (unpaired) electrons. The topological polar surface area (TPSA) is 90.9 Å². The molecule has 1 aliphatic rings. The van der Waals surface area contributed by atoms with Crippen LogP contribution in [-0.2, 0) is 16.1 Å². The Morgan fingerprint density at radius 1 is 1.27 bits per heavy atom. The summed E-state index contributed by atoms with van der Waals surface area (Å²) >= 11 is 0. The third kappa shape index (κ3) is 4.98. The molecule has 1 unspecified atom stereocenters. The number of urea groups is 1. The first-order chi connectivity index (χ1) is 12.5. The zero-order valence-electron chi connectivity index (χ0n) is 15.5. The van der Waals surface area contributed by atoms with Crippen molar-refractivity contribution < 1.29 is 19.4 Å². The van der Waals surface area contributed by atoms with E-state index in [0.29, 0.717) is 24.4 Å². The van der Waals surface area contributed by atoms with Crippen LogP contribution in [0.4, 0.5) is 4.79 Å². The highest BCUT2D eigenvalue weighted by atomic mass is 16.5. The fourth-order valence-electron chi connectivity index (χ4n) is 3.04. The quantitative estimate of drug-likeness (QED) is 0.617. The monoisotopic (exact) mass is 361 g/mol. The predicted octanol–water partition coefficient (Wildman–Crippen LogP) is 2.12. The third-order valence-electron chi connectivity index (χ3n) is 4.17. The largest absolute Gasteiger partial charge is 0.508 e. The van der Waals surface area contributed by atoms with Gasteiger partial charge in [-0.1, -0.05) is 25.1 Å². The smallest absolute Gasteiger partial charge is 0.337 e. The van der Waals surface area contributed by atoms with Crippen molar-refractivity contribution in [3.05, 3.63) is 41.1 Å². The molecule has 0 saturated heterocycles. The first kappa shape index (κ1) is 19.8. The number of nitrogens with zero attached hydrogens (tertiary/aromatic N) is 1. The van der Waals surface area contributed by atoms with Gasteiger partial charge >= 0.3 is 12.0 Å². The van der Waals surface area contributed by atoms with Gasteiger partial charge in [-0.2, -0.15) is 0 Å². The number of carbonyl (C=O) groups is 2. The normalized spacial score (nSPS) is 17.1. The fraction of sp³-hybridized carbons (Fsp3) is 0.474. The maximum absolute atomic E-state index is 12.3. The number of aromatic hydroxyl groups is 1. The lowest BCUT2D eigenvalue weighted by Gasteiger charge is -2.30. The van der Waals surface area contributed by atoms with Gasteiger partial charge in [0.1, 0.15) is 5.75 Å². The number of benzene rings is 1. The van der Waals surface area contributed by atoms with Crippen LogP contribution in [0.5, 0.6) is 5.75 Å². The van der Waals surface area contributed by atoms with Crippen LogP contribution in [0.1, 0.15) is 32.8 Å². The molecule has 142 valence electrons. The van der Waals surface area contributed by atoms with E-state index in [-0.39, 0.29) is 18.4 Å². The van der Waals surface area contributed by atoms with Gasteiger partial charge in [-0.15, -0.1) is 0 Å². The standard InChI is InChI=1S/C19H27N3O4/c1-4-10-22(11-14-8-6-7-9-16(14)23)12-15-17(18(24)26-5-2)13(3)20-19(25)21-15/h6-9,13,23H,4-5,10-12H2,1-3H3,(H2,20,21,25). The van der Waals surface area contributed by atoms with E-state index in [1.807, 2.05) is 12.1 Å². The zero-order valence-corrected chi connectivity index (χ0v) is 15.5. The number of carbonyl (C=O) groups excluding carboxylic acids is 2. The molecule has 1 aromatic carbocycles. The molecule has 7 nitrogen and oxygen atoms in total. The van der Waals surface area contributed by atoms with Gasteiger partial charge in [0.25, 0.3) is 0 Å². The zero-order chi connectivity index (χ0) is 19.1. The second kappa shape index (κ2) is 9.24. The van der Waals surface area contributed by atoms with Crippen molar-refractivity contribution in [3.63, 3.8) is 0 Å². The van der Waals surface area contributed by atoms with Crippen molar-refractivity contribution >= 4 is 12.0 Å². The van der Waals surface area contributed by atoms with Crippen LogP contribution in [0.2, 0.25) is 0 Å². The van der Waals surface area contributed by atoms with Gasteiger partial charge in [-0.05, 0) is 32.9 Å². The Balaban J connectivity index is 2.27. The number of nitrogens with one attached hydrogen (secondary N) is 2. The van der Waals surface area contributed by atoms with Gasteiger partial charge < -0.3 is 20.5 Å². The average Bonchev–Trinajstić information content (AvgIpc) is 2.56. The summed E-state index contributed by atoms with van der Waals surface area (Å²) in [7, 11) is 0. The van der Waals surface area contributed by atoms with Gasteiger partial charge in [0, 0.05) is 24.4 Å². The molecule has 0 bridgehead atoms. The summed E-state index contributed by atoms with van der Waals surface area (Å²) in [6.07, 6.45) is 0.900. The molecule has 0 aliphatic carbocycles. The first-order valence-corrected chi connectivity index (χ1v) is 8.93. The summed E-state index contributed by atoms with van der Waals surface area (Å²) < 4.78 is 5.15. The molecule has 0 saturated carbocycles. The highest BCUT2D eigenvalue weighted by Gasteiger charge is 2.30. The van der Waals surface area contributed by atoms with E-state index in [0.717, 1.165) is 18.5 Å². The number of hydrogen-bond donors (Lipinski definition) is 3. The van der Waals surface area contributed by atoms with Crippen molar-refractivity contribution in [3.8, 4) is 5.75 Å². The summed E-state index contributed by atoms with van der Waals surface area (Å²) in [4.78, 5) is 26.3. The molecular weight excluding hydrogens is 334 g/mol. The van der Waals surface area contributed by atoms with Crippen molar-refractivity contribution in [1.29, 1.82) is 0 Å². The molecule has 1 aromatic rings. The van der Waals surface area contributed by atoms with E-state index >= 15 is 0 Å². The first-order valence-electron chi connectivity index (χ1n) is 8.93. The Hall–Kier alpha value is -2.54. The van der Waals surface area contributed by atoms with Gasteiger partial charge in [0.05, 0.1) is 18.2 Å². The highest BCUT2D eigenvalue weighted by molar-refractivity contribution is 5.94. The third-order valence-corrected chi connectivity index (χ3v) is 4.17. The van der Waals surface area contributed by atoms with Crippen molar-refractivity contribution in [2.24, 2.45) is 0 Å². The predicted molar refractivity (Wildman–Crippen MR) is 98.5 cm³/mol. The molecule has 2 rings (SSSR count). The van der Waals surface area contributed by atoms with Gasteiger partial charge in [-0.25, -0.2) is 9.59 Å². The number of para-hydroxylation sites is 1. The van der Waals surface area contributed by atoms with Crippen LogP contribution in [-0.4, -0.2) is 47.7 Å². The van der Waals surface area contributed by atoms with Gasteiger partial charge in [0.2, 0.25) is 0 Å². The Kier molecular flexibility index (Phi) is 7.03. The van der Waals surface area contributed by atoms with Crippen molar-refractivity contribution in [1.82, 2.24) is 15.5 Å². The SMILES string of the molecule is CCCN(CC1=C(C(=O)OCC)C(C)NC(=O)N1)Cc1ccccc1O. The lowest BCUT2D eigenvalue weighted by atomic mass is 10.0. The van der Waals surface area contributed by atoms with Crippen LogP contribution in [0.15, 0.2) is 35.5 Å². The Morgan fingerprint density at radius 3 is 2.65 bits per heavy atom. The number of rotatable bonds is 8. The van der Waals surface area contributed by atoms with Gasteiger partial charge in [-0.3, -0.25) is 4.90 Å². The van der Waals surface area contributed by atoms with Crippen molar-refractivity contribution in [2.75, 3.05) is 19.7 Å². The number of amides is 2. The van der Waals surface area contributed by atoms with E-state index in [1.165, 1.54) is 0 Å². The number of phenols is 1. The van der Waals surface area contributed by atoms with Crippen LogP contribution >= 0.6 is 0 Å². The lowest BCUT2D eigenvalue weighted by molar-refractivity contribution is -0.139. The van der Waals surface area contributed by atoms with Crippen molar-refractivity contribution in [2.45, 2.75) is 39.8 Å². The van der Waals surface area contributed by atoms with Gasteiger partial charge in [0.15, 0.2) is 0 Å². The fourth-order valence-corrected chi connectivity index (χ4v) is 3.04. The van der Waals surface area contributed by atoms with Crippen LogP contribution < -0.4 is 10.6 Å². The molecule has 7 heteroatoms. The van der Waals surface area contributed by atoms with Crippen LogP contribution in [0.3, 0.4) is 0 Å². The molecule has 2 amide bonds. The second-order valence-corrected chi connectivity index (χ2v) is 6.27. The number of phenolic OH excluding ortho intramolecular Hbond substituents is 1. The molecule has 0 fully saturated rings. The summed E-state index contributed by atoms with van der Waals surface area (Å²) in [6.45, 7) is 7.49. The second-order valence-electron chi connectivity index (χ2n) is 6.27. The summed E-state index contributed by atoms with van der Waals surface area (Å²) in [6, 6.07) is 6.40. The minimum absolute atomic E-state index is 0.232. The number of esters is 1. The minimum atomic E-state index is -0.429. The van der Waals surface area contributed by atoms with E-state index in [2.05, 4.69) is 22.5 Å². The van der Waals surface area contributed by atoms with E-state index in [1.54, 1.807) is 26.0 Å². The number of hydrogen-bond acceptors (Lipinski definition) is 5. The molecular formula is C19H27N3O4. The summed E-state index contributed by atoms with van der Waals surface area (Å²) in [5.74, 6) is -0.197. The van der Waals surface area contributed by atoms with Crippen LogP contribution in [0.25, 0.3) is 0 Å². The molecule has 0 spiro atoms. The molecule has 1 aliphatic heterocycles. The van der Waals surface area contributed by atoms with E-state index in [4.69, 9.17) is 4.74 Å². The summed E-state index contributed by atoms with van der Waals surface area (Å²) in [5.41, 5.74) is 1.78. The number of ether oxygens (including phenoxy) is 1. The molecule has 1 atom stereocenters. The van der Waals surface area contributed by atoms with E-state index in [9.17, 15) is 14.7 Å². The Labute approximate surface area is 154 Å². The lowest BCUT2D eigenvalue weighted by Crippen LogP contribution is -2.51. The Bertz CT molecular complexity index is 687. The molecule has 0 aromatic heterocycles. The minimum Gasteiger partial charge on any atom is -0.508 e. The summed E-state index contributed by atoms with van der Waals surface area (Å²) in [5, 5.41) is 15.5. The maximum atomic E-state index is 12.3. The molecule has 1 heterocycles.